The molecule has 0 spiro atoms. The fourth-order valence-electron chi connectivity index (χ4n) is 2.06. The molecule has 6 heteroatoms. The van der Waals surface area contributed by atoms with Crippen LogP contribution in [0, 0.1) is 0 Å². The number of hydrogen-bond acceptors (Lipinski definition) is 6. The second-order valence-corrected chi connectivity index (χ2v) is 4.65. The SMILES string of the molecule is CCOC(=O)c1cccc(N)c1C(=O)OCCN(CC)CC. The van der Waals surface area contributed by atoms with Gasteiger partial charge in [0.25, 0.3) is 0 Å². The summed E-state index contributed by atoms with van der Waals surface area (Å²) in [5.74, 6) is -1.18. The van der Waals surface area contributed by atoms with E-state index >= 15 is 0 Å². The molecule has 1 rings (SSSR count). The van der Waals surface area contributed by atoms with Gasteiger partial charge in [-0.05, 0) is 32.1 Å². The minimum atomic E-state index is -0.603. The van der Waals surface area contributed by atoms with Crippen LogP contribution in [0.25, 0.3) is 0 Å². The molecule has 0 atom stereocenters. The van der Waals surface area contributed by atoms with E-state index in [0.29, 0.717) is 6.54 Å². The number of esters is 2. The van der Waals surface area contributed by atoms with E-state index in [9.17, 15) is 9.59 Å². The van der Waals surface area contributed by atoms with Gasteiger partial charge in [-0.3, -0.25) is 0 Å². The van der Waals surface area contributed by atoms with Gasteiger partial charge in [-0.15, -0.1) is 0 Å². The van der Waals surface area contributed by atoms with Crippen LogP contribution in [0.4, 0.5) is 5.69 Å². The van der Waals surface area contributed by atoms with Gasteiger partial charge in [0.2, 0.25) is 0 Å². The zero-order valence-corrected chi connectivity index (χ0v) is 13.4. The van der Waals surface area contributed by atoms with E-state index in [1.807, 2.05) is 13.8 Å². The molecule has 1 aromatic rings. The van der Waals surface area contributed by atoms with E-state index in [-0.39, 0.29) is 30.0 Å². The highest BCUT2D eigenvalue weighted by molar-refractivity contribution is 6.06. The predicted molar refractivity (Wildman–Crippen MR) is 84.9 cm³/mol. The van der Waals surface area contributed by atoms with Gasteiger partial charge in [-0.2, -0.15) is 0 Å². The van der Waals surface area contributed by atoms with Crippen molar-refractivity contribution >= 4 is 17.6 Å². The third-order valence-electron chi connectivity index (χ3n) is 3.33. The van der Waals surface area contributed by atoms with E-state index in [1.54, 1.807) is 19.1 Å². The Hall–Kier alpha value is -2.08. The topological polar surface area (TPSA) is 81.9 Å². The number of anilines is 1. The summed E-state index contributed by atoms with van der Waals surface area (Å²) in [6.07, 6.45) is 0. The molecule has 22 heavy (non-hydrogen) atoms. The highest BCUT2D eigenvalue weighted by Crippen LogP contribution is 2.19. The average Bonchev–Trinajstić information content (AvgIpc) is 2.51. The van der Waals surface area contributed by atoms with E-state index in [2.05, 4.69) is 4.90 Å². The molecule has 0 aliphatic carbocycles. The Labute approximate surface area is 131 Å². The molecule has 0 heterocycles. The molecule has 0 bridgehead atoms. The van der Waals surface area contributed by atoms with Gasteiger partial charge in [-0.25, -0.2) is 9.59 Å². The summed E-state index contributed by atoms with van der Waals surface area (Å²) in [6, 6.07) is 4.67. The first kappa shape index (κ1) is 18.0. The van der Waals surface area contributed by atoms with Crippen LogP contribution in [0.5, 0.6) is 0 Å². The molecule has 0 fully saturated rings. The first-order valence-corrected chi connectivity index (χ1v) is 7.50. The molecule has 1 aromatic carbocycles. The lowest BCUT2D eigenvalue weighted by Crippen LogP contribution is -2.28. The van der Waals surface area contributed by atoms with Crippen molar-refractivity contribution in [3.63, 3.8) is 0 Å². The van der Waals surface area contributed by atoms with Crippen molar-refractivity contribution in [2.24, 2.45) is 0 Å². The molecular weight excluding hydrogens is 284 g/mol. The molecule has 0 aliphatic rings. The molecule has 0 saturated carbocycles. The molecule has 0 aliphatic heterocycles. The number of likely N-dealkylation sites (N-methyl/N-ethyl adjacent to an activating group) is 1. The zero-order valence-electron chi connectivity index (χ0n) is 13.4. The van der Waals surface area contributed by atoms with Crippen molar-refractivity contribution in [3.05, 3.63) is 29.3 Å². The maximum Gasteiger partial charge on any atom is 0.341 e. The van der Waals surface area contributed by atoms with Gasteiger partial charge in [0, 0.05) is 12.2 Å². The standard InChI is InChI=1S/C16H24N2O4/c1-4-18(5-2)10-11-22-16(20)14-12(15(19)21-6-3)8-7-9-13(14)17/h7-9H,4-6,10-11,17H2,1-3H3. The Kier molecular flexibility index (Phi) is 7.39. The fourth-order valence-corrected chi connectivity index (χ4v) is 2.06. The van der Waals surface area contributed by atoms with Crippen LogP contribution >= 0.6 is 0 Å². The summed E-state index contributed by atoms with van der Waals surface area (Å²) >= 11 is 0. The minimum absolute atomic E-state index is 0.0699. The van der Waals surface area contributed by atoms with Crippen LogP contribution in [-0.4, -0.2) is 49.7 Å². The van der Waals surface area contributed by atoms with Gasteiger partial charge in [-0.1, -0.05) is 19.9 Å². The smallest absolute Gasteiger partial charge is 0.341 e. The number of carbonyl (C=O) groups excluding carboxylic acids is 2. The van der Waals surface area contributed by atoms with Crippen molar-refractivity contribution in [3.8, 4) is 0 Å². The third-order valence-corrected chi connectivity index (χ3v) is 3.33. The average molecular weight is 308 g/mol. The van der Waals surface area contributed by atoms with Gasteiger partial charge in [0.15, 0.2) is 0 Å². The number of hydrogen-bond donors (Lipinski definition) is 1. The Balaban J connectivity index is 2.82. The van der Waals surface area contributed by atoms with E-state index in [4.69, 9.17) is 15.2 Å². The summed E-state index contributed by atoms with van der Waals surface area (Å²) in [5.41, 5.74) is 6.23. The third kappa shape index (κ3) is 4.73. The van der Waals surface area contributed by atoms with Crippen LogP contribution in [-0.2, 0) is 9.47 Å². The van der Waals surface area contributed by atoms with Gasteiger partial charge < -0.3 is 20.1 Å². The predicted octanol–water partition coefficient (Wildman–Crippen LogP) is 1.94. The maximum absolute atomic E-state index is 12.2. The minimum Gasteiger partial charge on any atom is -0.462 e. The van der Waals surface area contributed by atoms with Gasteiger partial charge >= 0.3 is 11.9 Å². The highest BCUT2D eigenvalue weighted by atomic mass is 16.5. The molecule has 0 amide bonds. The maximum atomic E-state index is 12.2. The first-order chi connectivity index (χ1) is 10.5. The Morgan fingerprint density at radius 1 is 1.09 bits per heavy atom. The van der Waals surface area contributed by atoms with Crippen molar-refractivity contribution in [2.75, 3.05) is 38.6 Å². The van der Waals surface area contributed by atoms with Gasteiger partial charge in [0.05, 0.1) is 17.7 Å². The van der Waals surface area contributed by atoms with Crippen molar-refractivity contribution in [1.29, 1.82) is 0 Å². The summed E-state index contributed by atoms with van der Waals surface area (Å²) in [4.78, 5) is 26.3. The molecule has 0 saturated heterocycles. The van der Waals surface area contributed by atoms with E-state index in [1.165, 1.54) is 6.07 Å². The lowest BCUT2D eigenvalue weighted by atomic mass is 10.1. The van der Waals surface area contributed by atoms with Crippen LogP contribution in [0.3, 0.4) is 0 Å². The molecular formula is C16H24N2O4. The lowest BCUT2D eigenvalue weighted by molar-refractivity contribution is 0.0442. The second-order valence-electron chi connectivity index (χ2n) is 4.65. The second kappa shape index (κ2) is 9.04. The van der Waals surface area contributed by atoms with E-state index < -0.39 is 11.9 Å². The monoisotopic (exact) mass is 308 g/mol. The number of carbonyl (C=O) groups is 2. The number of rotatable bonds is 8. The van der Waals surface area contributed by atoms with Crippen LogP contribution in [0.1, 0.15) is 41.5 Å². The Morgan fingerprint density at radius 2 is 1.77 bits per heavy atom. The van der Waals surface area contributed by atoms with E-state index in [0.717, 1.165) is 13.1 Å². The summed E-state index contributed by atoms with van der Waals surface area (Å²) in [7, 11) is 0. The molecule has 122 valence electrons. The van der Waals surface area contributed by atoms with Crippen molar-refractivity contribution < 1.29 is 19.1 Å². The van der Waals surface area contributed by atoms with Crippen LogP contribution < -0.4 is 5.73 Å². The number of nitrogens with two attached hydrogens (primary N) is 1. The highest BCUT2D eigenvalue weighted by Gasteiger charge is 2.22. The molecule has 0 aromatic heterocycles. The quantitative estimate of drug-likeness (QED) is 0.584. The van der Waals surface area contributed by atoms with Crippen LogP contribution in [0.15, 0.2) is 18.2 Å². The van der Waals surface area contributed by atoms with Gasteiger partial charge in [0.1, 0.15) is 6.61 Å². The fraction of sp³-hybridized carbons (Fsp3) is 0.500. The van der Waals surface area contributed by atoms with Crippen LogP contribution in [0.2, 0.25) is 0 Å². The molecule has 0 unspecified atom stereocenters. The van der Waals surface area contributed by atoms with Crippen molar-refractivity contribution in [2.45, 2.75) is 20.8 Å². The molecule has 6 nitrogen and oxygen atoms in total. The largest absolute Gasteiger partial charge is 0.462 e. The first-order valence-electron chi connectivity index (χ1n) is 7.50. The number of nitrogen functional groups attached to an aromatic ring is 1. The summed E-state index contributed by atoms with van der Waals surface area (Å²) in [6.45, 7) is 8.66. The number of ether oxygens (including phenoxy) is 2. The zero-order chi connectivity index (χ0) is 16.5. The normalized spacial score (nSPS) is 10.5. The molecule has 2 N–H and O–H groups in total. The van der Waals surface area contributed by atoms with Crippen molar-refractivity contribution in [1.82, 2.24) is 4.90 Å². The Morgan fingerprint density at radius 3 is 2.36 bits per heavy atom. The Bertz CT molecular complexity index is 513. The molecule has 0 radical (unpaired) electrons. The number of nitrogens with zero attached hydrogens (tertiary/aromatic N) is 1. The summed E-state index contributed by atoms with van der Waals surface area (Å²) < 4.78 is 10.2. The summed E-state index contributed by atoms with van der Waals surface area (Å²) in [5, 5.41) is 0. The number of benzene rings is 1. The lowest BCUT2D eigenvalue weighted by Gasteiger charge is -2.18.